The average Bonchev–Trinajstić information content (AvgIpc) is 3.07. The number of carbonyl (C=O) groups is 2. The number of nitrogens with one attached hydrogen (secondary N) is 1. The number of aryl methyl sites for hydroxylation is 2. The Labute approximate surface area is 141 Å². The molecule has 128 valence electrons. The highest BCUT2D eigenvalue weighted by atomic mass is 16.3. The van der Waals surface area contributed by atoms with Gasteiger partial charge in [-0.25, -0.2) is 0 Å². The van der Waals surface area contributed by atoms with Crippen molar-refractivity contribution in [3.8, 4) is 0 Å². The van der Waals surface area contributed by atoms with Crippen LogP contribution in [0.1, 0.15) is 34.0 Å². The van der Waals surface area contributed by atoms with Crippen molar-refractivity contribution in [1.29, 1.82) is 0 Å². The summed E-state index contributed by atoms with van der Waals surface area (Å²) in [5, 5.41) is 2.67. The fraction of sp³-hybridized carbons (Fsp3) is 0.444. The van der Waals surface area contributed by atoms with Gasteiger partial charge >= 0.3 is 0 Å². The molecule has 0 aliphatic carbocycles. The van der Waals surface area contributed by atoms with E-state index in [-0.39, 0.29) is 17.7 Å². The van der Waals surface area contributed by atoms with Crippen LogP contribution < -0.4 is 5.32 Å². The summed E-state index contributed by atoms with van der Waals surface area (Å²) >= 11 is 0. The van der Waals surface area contributed by atoms with Crippen LogP contribution in [0.15, 0.2) is 28.8 Å². The predicted molar refractivity (Wildman–Crippen MR) is 89.5 cm³/mol. The summed E-state index contributed by atoms with van der Waals surface area (Å²) < 4.78 is 7.64. The third-order valence-electron chi connectivity index (χ3n) is 4.52. The fourth-order valence-electron chi connectivity index (χ4n) is 3.34. The van der Waals surface area contributed by atoms with Crippen LogP contribution in [0.2, 0.25) is 0 Å². The Kier molecular flexibility index (Phi) is 4.46. The molecule has 0 bridgehead atoms. The highest BCUT2D eigenvalue weighted by molar-refractivity contribution is 5.95. The van der Waals surface area contributed by atoms with E-state index in [1.807, 2.05) is 37.1 Å². The first-order valence-electron chi connectivity index (χ1n) is 8.19. The number of nitrogens with zero attached hydrogens (tertiary/aromatic N) is 2. The molecule has 1 aliphatic heterocycles. The molecular formula is C18H23N3O3. The first kappa shape index (κ1) is 16.4. The van der Waals surface area contributed by atoms with E-state index < -0.39 is 0 Å². The maximum Gasteiger partial charge on any atom is 0.257 e. The normalized spacial score (nSPS) is 17.3. The molecule has 6 nitrogen and oxygen atoms in total. The van der Waals surface area contributed by atoms with E-state index in [4.69, 9.17) is 4.42 Å². The summed E-state index contributed by atoms with van der Waals surface area (Å²) in [7, 11) is 1.64. The van der Waals surface area contributed by atoms with Gasteiger partial charge < -0.3 is 19.2 Å². The summed E-state index contributed by atoms with van der Waals surface area (Å²) in [6.45, 7) is 5.48. The van der Waals surface area contributed by atoms with E-state index in [2.05, 4.69) is 9.88 Å². The Morgan fingerprint density at radius 2 is 2.12 bits per heavy atom. The minimum Gasteiger partial charge on any atom is -0.466 e. The lowest BCUT2D eigenvalue weighted by Gasteiger charge is -2.23. The summed E-state index contributed by atoms with van der Waals surface area (Å²) in [6.07, 6.45) is 2.41. The Balaban J connectivity index is 1.87. The maximum absolute atomic E-state index is 13.0. The van der Waals surface area contributed by atoms with Gasteiger partial charge in [0.25, 0.3) is 5.91 Å². The van der Waals surface area contributed by atoms with Gasteiger partial charge in [-0.15, -0.1) is 0 Å². The van der Waals surface area contributed by atoms with Crippen molar-refractivity contribution in [3.05, 3.63) is 47.2 Å². The smallest absolute Gasteiger partial charge is 0.257 e. The molecule has 1 aliphatic rings. The van der Waals surface area contributed by atoms with Gasteiger partial charge in [0.2, 0.25) is 5.91 Å². The van der Waals surface area contributed by atoms with Gasteiger partial charge in [-0.1, -0.05) is 0 Å². The highest BCUT2D eigenvalue weighted by Crippen LogP contribution is 2.23. The third-order valence-corrected chi connectivity index (χ3v) is 4.52. The largest absolute Gasteiger partial charge is 0.466 e. The SMILES string of the molecule is CNC(=O)C[C@H]1CN(C(=O)c2cc(C)oc2C)Cc2cccn2C1. The topological polar surface area (TPSA) is 67.5 Å². The molecule has 0 saturated heterocycles. The van der Waals surface area contributed by atoms with Crippen molar-refractivity contribution < 1.29 is 14.0 Å². The lowest BCUT2D eigenvalue weighted by atomic mass is 10.0. The first-order valence-corrected chi connectivity index (χ1v) is 8.19. The Morgan fingerprint density at radius 3 is 2.79 bits per heavy atom. The molecule has 0 unspecified atom stereocenters. The zero-order valence-corrected chi connectivity index (χ0v) is 14.3. The van der Waals surface area contributed by atoms with E-state index >= 15 is 0 Å². The summed E-state index contributed by atoms with van der Waals surface area (Å²) in [5.74, 6) is 1.41. The number of hydrogen-bond acceptors (Lipinski definition) is 3. The van der Waals surface area contributed by atoms with Crippen LogP contribution in [0.4, 0.5) is 0 Å². The summed E-state index contributed by atoms with van der Waals surface area (Å²) in [6, 6.07) is 5.79. The van der Waals surface area contributed by atoms with Gasteiger partial charge in [0.05, 0.1) is 12.1 Å². The van der Waals surface area contributed by atoms with E-state index in [9.17, 15) is 9.59 Å². The molecule has 0 fully saturated rings. The summed E-state index contributed by atoms with van der Waals surface area (Å²) in [5.41, 5.74) is 1.69. The van der Waals surface area contributed by atoms with E-state index in [0.29, 0.717) is 30.8 Å². The molecule has 24 heavy (non-hydrogen) atoms. The second kappa shape index (κ2) is 6.55. The lowest BCUT2D eigenvalue weighted by molar-refractivity contribution is -0.121. The quantitative estimate of drug-likeness (QED) is 0.938. The van der Waals surface area contributed by atoms with E-state index in [1.165, 1.54) is 0 Å². The predicted octanol–water partition coefficient (Wildman–Crippen LogP) is 2.11. The number of amides is 2. The van der Waals surface area contributed by atoms with Crippen LogP contribution in [-0.2, 0) is 17.9 Å². The van der Waals surface area contributed by atoms with Crippen LogP contribution >= 0.6 is 0 Å². The second-order valence-electron chi connectivity index (χ2n) is 6.41. The molecule has 0 aromatic carbocycles. The molecular weight excluding hydrogens is 306 g/mol. The number of fused-ring (bicyclic) bond motifs is 1. The van der Waals surface area contributed by atoms with E-state index in [1.54, 1.807) is 13.1 Å². The van der Waals surface area contributed by atoms with Crippen molar-refractivity contribution in [2.45, 2.75) is 33.4 Å². The van der Waals surface area contributed by atoms with Crippen LogP contribution in [0.5, 0.6) is 0 Å². The van der Waals surface area contributed by atoms with E-state index in [0.717, 1.165) is 18.0 Å². The number of aromatic nitrogens is 1. The third kappa shape index (κ3) is 3.22. The number of furan rings is 1. The van der Waals surface area contributed by atoms with Crippen LogP contribution in [-0.4, -0.2) is 34.9 Å². The lowest BCUT2D eigenvalue weighted by Crippen LogP contribution is -2.35. The second-order valence-corrected chi connectivity index (χ2v) is 6.41. The zero-order chi connectivity index (χ0) is 17.3. The minimum atomic E-state index is -0.0408. The van der Waals surface area contributed by atoms with Crippen molar-refractivity contribution in [3.63, 3.8) is 0 Å². The molecule has 1 atom stereocenters. The molecule has 3 heterocycles. The van der Waals surface area contributed by atoms with Gasteiger partial charge in [0, 0.05) is 44.4 Å². The van der Waals surface area contributed by atoms with Gasteiger partial charge in [-0.05, 0) is 32.0 Å². The molecule has 1 N–H and O–H groups in total. The molecule has 0 spiro atoms. The van der Waals surface area contributed by atoms with Gasteiger partial charge in [-0.2, -0.15) is 0 Å². The Bertz CT molecular complexity index is 759. The van der Waals surface area contributed by atoms with Gasteiger partial charge in [0.1, 0.15) is 11.5 Å². The fourth-order valence-corrected chi connectivity index (χ4v) is 3.34. The molecule has 0 saturated carbocycles. The van der Waals surface area contributed by atoms with Crippen LogP contribution in [0.25, 0.3) is 0 Å². The number of carbonyl (C=O) groups excluding carboxylic acids is 2. The van der Waals surface area contributed by atoms with Crippen molar-refractivity contribution in [2.75, 3.05) is 13.6 Å². The molecule has 0 radical (unpaired) electrons. The molecule has 2 amide bonds. The van der Waals surface area contributed by atoms with Crippen molar-refractivity contribution >= 4 is 11.8 Å². The minimum absolute atomic E-state index is 0.00154. The highest BCUT2D eigenvalue weighted by Gasteiger charge is 2.28. The molecule has 3 rings (SSSR count). The van der Waals surface area contributed by atoms with Crippen molar-refractivity contribution in [1.82, 2.24) is 14.8 Å². The Morgan fingerprint density at radius 1 is 1.33 bits per heavy atom. The molecule has 2 aromatic rings. The molecule has 2 aromatic heterocycles. The maximum atomic E-state index is 13.0. The number of hydrogen-bond donors (Lipinski definition) is 1. The average molecular weight is 329 g/mol. The van der Waals surface area contributed by atoms with Gasteiger partial charge in [-0.3, -0.25) is 9.59 Å². The standard InChI is InChI=1S/C18H23N3O3/c1-12-7-16(13(2)24-12)18(23)21-10-14(8-17(22)19-3)9-20-6-4-5-15(20)11-21/h4-7,14H,8-11H2,1-3H3,(H,19,22)/t14-/m1/s1. The van der Waals surface area contributed by atoms with Crippen LogP contribution in [0, 0.1) is 19.8 Å². The molecule has 6 heteroatoms. The van der Waals surface area contributed by atoms with Crippen molar-refractivity contribution in [2.24, 2.45) is 5.92 Å². The van der Waals surface area contributed by atoms with Crippen LogP contribution in [0.3, 0.4) is 0 Å². The summed E-state index contributed by atoms with van der Waals surface area (Å²) in [4.78, 5) is 26.6. The monoisotopic (exact) mass is 329 g/mol. The first-order chi connectivity index (χ1) is 11.5. The van der Waals surface area contributed by atoms with Gasteiger partial charge in [0.15, 0.2) is 0 Å². The number of rotatable bonds is 3. The Hall–Kier alpha value is -2.50. The zero-order valence-electron chi connectivity index (χ0n) is 14.3.